The lowest BCUT2D eigenvalue weighted by Gasteiger charge is -2.26. The van der Waals surface area contributed by atoms with Gasteiger partial charge in [-0.3, -0.25) is 4.90 Å². The van der Waals surface area contributed by atoms with E-state index in [-0.39, 0.29) is 0 Å². The Morgan fingerprint density at radius 1 is 1.39 bits per heavy atom. The van der Waals surface area contributed by atoms with Crippen LogP contribution >= 0.6 is 0 Å². The molecule has 1 aromatic rings. The van der Waals surface area contributed by atoms with Crippen molar-refractivity contribution in [3.05, 3.63) is 47.5 Å². The number of fused-ring (bicyclic) bond motifs is 1. The third-order valence-electron chi connectivity index (χ3n) is 3.64. The fraction of sp³-hybridized carbons (Fsp3) is 0.500. The predicted octanol–water partition coefficient (Wildman–Crippen LogP) is 2.73. The Hall–Kier alpha value is -1.12. The molecule has 0 fully saturated rings. The van der Waals surface area contributed by atoms with Crippen molar-refractivity contribution in [1.29, 1.82) is 0 Å². The summed E-state index contributed by atoms with van der Waals surface area (Å²) in [5.74, 6) is 0. The summed E-state index contributed by atoms with van der Waals surface area (Å²) in [6, 6.07) is 7.50. The van der Waals surface area contributed by atoms with E-state index in [2.05, 4.69) is 48.8 Å². The van der Waals surface area contributed by atoms with Crippen molar-refractivity contribution in [3.63, 3.8) is 0 Å². The van der Waals surface area contributed by atoms with E-state index in [0.29, 0.717) is 6.04 Å². The molecule has 0 atom stereocenters. The third kappa shape index (κ3) is 3.21. The molecule has 1 aliphatic heterocycles. The second-order valence-electron chi connectivity index (χ2n) is 5.34. The zero-order valence-electron chi connectivity index (χ0n) is 11.6. The Kier molecular flexibility index (Phi) is 4.56. The average Bonchev–Trinajstić information content (AvgIpc) is 2.38. The molecule has 0 aliphatic carbocycles. The number of nitrogens with one attached hydrogen (secondary N) is 1. The molecule has 2 rings (SSSR count). The molecule has 0 radical (unpaired) electrons. The molecule has 0 aromatic heterocycles. The van der Waals surface area contributed by atoms with Crippen molar-refractivity contribution in [2.24, 2.45) is 0 Å². The number of benzene rings is 1. The molecule has 0 bridgehead atoms. The van der Waals surface area contributed by atoms with Gasteiger partial charge in [0.1, 0.15) is 0 Å². The average molecular weight is 244 g/mol. The Labute approximate surface area is 111 Å². The minimum atomic E-state index is 0.553. The Balaban J connectivity index is 2.10. The van der Waals surface area contributed by atoms with Crippen molar-refractivity contribution in [2.75, 3.05) is 13.1 Å². The summed E-state index contributed by atoms with van der Waals surface area (Å²) in [5.41, 5.74) is 4.39. The Morgan fingerprint density at radius 2 is 2.22 bits per heavy atom. The van der Waals surface area contributed by atoms with E-state index in [1.165, 1.54) is 16.7 Å². The van der Waals surface area contributed by atoms with Gasteiger partial charge in [-0.2, -0.15) is 0 Å². The first-order valence-electron chi connectivity index (χ1n) is 6.87. The fourth-order valence-electron chi connectivity index (χ4n) is 2.49. The first kappa shape index (κ1) is 13.3. The molecule has 98 valence electrons. The first-order chi connectivity index (χ1) is 8.70. The van der Waals surface area contributed by atoms with Gasteiger partial charge in [0, 0.05) is 25.7 Å². The summed E-state index contributed by atoms with van der Waals surface area (Å²) in [6.45, 7) is 12.4. The molecule has 0 spiro atoms. The zero-order valence-corrected chi connectivity index (χ0v) is 11.6. The van der Waals surface area contributed by atoms with Gasteiger partial charge in [0.05, 0.1) is 0 Å². The molecule has 2 nitrogen and oxygen atoms in total. The molecule has 1 N–H and O–H groups in total. The maximum Gasteiger partial charge on any atom is 0.0239 e. The van der Waals surface area contributed by atoms with Gasteiger partial charge >= 0.3 is 0 Å². The monoisotopic (exact) mass is 244 g/mol. The molecule has 1 heterocycles. The van der Waals surface area contributed by atoms with E-state index in [0.717, 1.165) is 32.6 Å². The van der Waals surface area contributed by atoms with E-state index >= 15 is 0 Å². The summed E-state index contributed by atoms with van der Waals surface area (Å²) in [6.07, 6.45) is 3.15. The second kappa shape index (κ2) is 6.17. The van der Waals surface area contributed by atoms with E-state index in [1.807, 2.05) is 6.08 Å². The van der Waals surface area contributed by atoms with Gasteiger partial charge < -0.3 is 5.32 Å². The van der Waals surface area contributed by atoms with Crippen LogP contribution in [-0.2, 0) is 19.5 Å². The molecular weight excluding hydrogens is 220 g/mol. The Bertz CT molecular complexity index is 410. The lowest BCUT2D eigenvalue weighted by atomic mass is 9.98. The van der Waals surface area contributed by atoms with Crippen LogP contribution in [-0.4, -0.2) is 24.0 Å². The quantitative estimate of drug-likeness (QED) is 0.801. The lowest BCUT2D eigenvalue weighted by molar-refractivity contribution is 0.237. The van der Waals surface area contributed by atoms with E-state index in [1.54, 1.807) is 0 Å². The van der Waals surface area contributed by atoms with Crippen LogP contribution in [0.25, 0.3) is 0 Å². The molecule has 2 heteroatoms. The number of hydrogen-bond acceptors (Lipinski definition) is 2. The van der Waals surface area contributed by atoms with Gasteiger partial charge in [0.15, 0.2) is 0 Å². The van der Waals surface area contributed by atoms with Gasteiger partial charge in [-0.05, 0) is 43.5 Å². The minimum Gasteiger partial charge on any atom is -0.312 e. The smallest absolute Gasteiger partial charge is 0.0239 e. The molecule has 1 aliphatic rings. The summed E-state index contributed by atoms with van der Waals surface area (Å²) < 4.78 is 0. The summed E-state index contributed by atoms with van der Waals surface area (Å²) >= 11 is 0. The highest BCUT2D eigenvalue weighted by atomic mass is 15.1. The molecule has 0 saturated carbocycles. The molecule has 0 unspecified atom stereocenters. The third-order valence-corrected chi connectivity index (χ3v) is 3.64. The van der Waals surface area contributed by atoms with Gasteiger partial charge in [-0.15, -0.1) is 6.58 Å². The van der Waals surface area contributed by atoms with Gasteiger partial charge in [-0.1, -0.05) is 24.3 Å². The van der Waals surface area contributed by atoms with Crippen LogP contribution in [0, 0.1) is 0 Å². The van der Waals surface area contributed by atoms with E-state index in [4.69, 9.17) is 0 Å². The topological polar surface area (TPSA) is 15.3 Å². The van der Waals surface area contributed by atoms with Gasteiger partial charge in [-0.25, -0.2) is 0 Å². The van der Waals surface area contributed by atoms with Gasteiger partial charge in [0.2, 0.25) is 0 Å². The normalized spacial score (nSPS) is 14.9. The number of hydrogen-bond donors (Lipinski definition) is 1. The summed E-state index contributed by atoms with van der Waals surface area (Å²) in [4.78, 5) is 2.44. The zero-order chi connectivity index (χ0) is 13.0. The van der Waals surface area contributed by atoms with Crippen molar-refractivity contribution in [1.82, 2.24) is 10.2 Å². The van der Waals surface area contributed by atoms with Crippen LogP contribution in [0.2, 0.25) is 0 Å². The van der Waals surface area contributed by atoms with Crippen molar-refractivity contribution < 1.29 is 0 Å². The predicted molar refractivity (Wildman–Crippen MR) is 77.6 cm³/mol. The molecular formula is C16H24N2. The van der Waals surface area contributed by atoms with Crippen LogP contribution in [0.15, 0.2) is 30.9 Å². The van der Waals surface area contributed by atoms with Crippen LogP contribution < -0.4 is 5.32 Å². The first-order valence-corrected chi connectivity index (χ1v) is 6.87. The van der Waals surface area contributed by atoms with Crippen molar-refractivity contribution in [2.45, 2.75) is 39.4 Å². The standard InChI is InChI=1S/C16H24N2/c1-4-9-18(13(2)3)12-14-5-6-15-7-8-17-11-16(15)10-14/h4-6,10,13,17H,1,7-9,11-12H2,2-3H3. The number of rotatable bonds is 5. The highest BCUT2D eigenvalue weighted by Crippen LogP contribution is 2.17. The van der Waals surface area contributed by atoms with Crippen molar-refractivity contribution >= 4 is 0 Å². The fourth-order valence-corrected chi connectivity index (χ4v) is 2.49. The summed E-state index contributed by atoms with van der Waals surface area (Å²) in [5, 5.41) is 3.44. The van der Waals surface area contributed by atoms with Crippen molar-refractivity contribution in [3.8, 4) is 0 Å². The van der Waals surface area contributed by atoms with Crippen LogP contribution in [0.4, 0.5) is 0 Å². The Morgan fingerprint density at radius 3 is 2.94 bits per heavy atom. The van der Waals surface area contributed by atoms with Crippen LogP contribution in [0.3, 0.4) is 0 Å². The highest BCUT2D eigenvalue weighted by molar-refractivity contribution is 5.33. The number of nitrogens with zero attached hydrogens (tertiary/aromatic N) is 1. The maximum absolute atomic E-state index is 3.84. The molecule has 18 heavy (non-hydrogen) atoms. The van der Waals surface area contributed by atoms with Crippen LogP contribution in [0.1, 0.15) is 30.5 Å². The van der Waals surface area contributed by atoms with Crippen LogP contribution in [0.5, 0.6) is 0 Å². The highest BCUT2D eigenvalue weighted by Gasteiger charge is 2.12. The largest absolute Gasteiger partial charge is 0.312 e. The van der Waals surface area contributed by atoms with E-state index in [9.17, 15) is 0 Å². The lowest BCUT2D eigenvalue weighted by Crippen LogP contribution is -2.30. The molecule has 0 saturated heterocycles. The summed E-state index contributed by atoms with van der Waals surface area (Å²) in [7, 11) is 0. The molecule has 1 aromatic carbocycles. The minimum absolute atomic E-state index is 0.553. The van der Waals surface area contributed by atoms with Gasteiger partial charge in [0.25, 0.3) is 0 Å². The maximum atomic E-state index is 3.84. The second-order valence-corrected chi connectivity index (χ2v) is 5.34. The van der Waals surface area contributed by atoms with E-state index < -0.39 is 0 Å². The molecule has 0 amide bonds. The SMILES string of the molecule is C=CCN(Cc1ccc2c(c1)CNCC2)C(C)C.